The normalized spacial score (nSPS) is 29.4. The van der Waals surface area contributed by atoms with Crippen molar-refractivity contribution in [2.45, 2.75) is 67.9 Å². The summed E-state index contributed by atoms with van der Waals surface area (Å²) in [4.78, 5) is 106. The number of rotatable bonds is 12. The first-order chi connectivity index (χ1) is 31.3. The standard InChI is InChI=1S/C47H52N8O10/c1-44(40(58)62-3)46(42(60)64-5,34-18-7-11-22-48-34)32-26-30(28-52(38(32)56)54(44)36-20-9-13-24-50-36)16-15-17-31-27-33-39(57)53(29-31)55(37-21-10-14-25-51-37)45(2,41(59)63-4)47(33,43(61)65-6)35-19-8-12-23-49-35/h7-14,18-25,30-33H,15-17,26-29H2,1-6H3. The number of carbonyl (C=O) groups is 6. The van der Waals surface area contributed by atoms with Gasteiger partial charge in [-0.1, -0.05) is 30.7 Å². The number of esters is 4. The van der Waals surface area contributed by atoms with Crippen molar-refractivity contribution in [3.63, 3.8) is 0 Å². The Balaban J connectivity index is 1.17. The van der Waals surface area contributed by atoms with Crippen LogP contribution in [0.5, 0.6) is 0 Å². The SMILES string of the molecule is COC(=O)C1(c2ccccn2)C2CC(CCCC3CC4C(=O)N(C3)N(c3ccccn3)C(C)(C(=O)OC)C4(C(=O)OC)c3ccccn3)CN(C2=O)N(c2ccccn2)C1(C)C(=O)OC. The van der Waals surface area contributed by atoms with Gasteiger partial charge in [-0.15, -0.1) is 0 Å². The van der Waals surface area contributed by atoms with Crippen LogP contribution in [0, 0.1) is 23.7 Å². The van der Waals surface area contributed by atoms with E-state index in [9.17, 15) is 28.8 Å². The number of nitrogens with zero attached hydrogens (tertiary/aromatic N) is 8. The summed E-state index contributed by atoms with van der Waals surface area (Å²) < 4.78 is 22.0. The van der Waals surface area contributed by atoms with Gasteiger partial charge >= 0.3 is 23.9 Å². The summed E-state index contributed by atoms with van der Waals surface area (Å²) >= 11 is 0. The van der Waals surface area contributed by atoms with Crippen molar-refractivity contribution in [2.24, 2.45) is 23.7 Å². The number of piperidine rings is 2. The molecule has 65 heavy (non-hydrogen) atoms. The van der Waals surface area contributed by atoms with Crippen LogP contribution < -0.4 is 10.0 Å². The lowest BCUT2D eigenvalue weighted by atomic mass is 9.54. The van der Waals surface area contributed by atoms with Crippen LogP contribution in [0.4, 0.5) is 11.6 Å². The maximum atomic E-state index is 14.9. The van der Waals surface area contributed by atoms with Gasteiger partial charge in [0.2, 0.25) is 11.8 Å². The lowest BCUT2D eigenvalue weighted by Crippen LogP contribution is -2.82. The van der Waals surface area contributed by atoms with Crippen molar-refractivity contribution in [2.75, 3.05) is 51.5 Å². The predicted octanol–water partition coefficient (Wildman–Crippen LogP) is 3.62. The minimum Gasteiger partial charge on any atom is -0.468 e. The minimum absolute atomic E-state index is 0.171. The Labute approximate surface area is 376 Å². The molecule has 0 spiro atoms. The molecule has 0 N–H and O–H groups in total. The van der Waals surface area contributed by atoms with Gasteiger partial charge in [-0.2, -0.15) is 0 Å². The second-order valence-corrected chi connectivity index (χ2v) is 17.2. The van der Waals surface area contributed by atoms with Gasteiger partial charge in [0.05, 0.1) is 51.7 Å². The molecule has 8 unspecified atom stereocenters. The van der Waals surface area contributed by atoms with Crippen molar-refractivity contribution in [1.82, 2.24) is 30.0 Å². The lowest BCUT2D eigenvalue weighted by Gasteiger charge is -2.62. The molecule has 0 radical (unpaired) electrons. The number of hydrazine groups is 2. The van der Waals surface area contributed by atoms with Crippen LogP contribution in [-0.4, -0.2) is 118 Å². The first-order valence-corrected chi connectivity index (χ1v) is 21.6. The van der Waals surface area contributed by atoms with Crippen LogP contribution in [0.25, 0.3) is 0 Å². The number of amides is 2. The van der Waals surface area contributed by atoms with E-state index in [1.807, 2.05) is 0 Å². The molecule has 18 nitrogen and oxygen atoms in total. The molecule has 4 aliphatic heterocycles. The second-order valence-electron chi connectivity index (χ2n) is 17.2. The highest BCUT2D eigenvalue weighted by Crippen LogP contribution is 2.58. The van der Waals surface area contributed by atoms with Crippen LogP contribution in [0.1, 0.15) is 57.3 Å². The monoisotopic (exact) mass is 888 g/mol. The van der Waals surface area contributed by atoms with Crippen LogP contribution in [0.3, 0.4) is 0 Å². The van der Waals surface area contributed by atoms with E-state index in [0.29, 0.717) is 19.3 Å². The molecule has 0 aromatic carbocycles. The highest BCUT2D eigenvalue weighted by atomic mass is 16.5. The molecule has 2 amide bonds. The molecule has 4 fully saturated rings. The molecule has 4 aliphatic rings. The summed E-state index contributed by atoms with van der Waals surface area (Å²) in [5.41, 5.74) is -7.44. The van der Waals surface area contributed by atoms with E-state index < -0.39 is 69.4 Å². The zero-order valence-electron chi connectivity index (χ0n) is 37.2. The zero-order chi connectivity index (χ0) is 46.3. The van der Waals surface area contributed by atoms with Gasteiger partial charge < -0.3 is 18.9 Å². The summed E-state index contributed by atoms with van der Waals surface area (Å²) in [6, 6.07) is 20.2. The average Bonchev–Trinajstić information content (AvgIpc) is 3.33. The number of carbonyl (C=O) groups excluding carboxylic acids is 6. The highest BCUT2D eigenvalue weighted by Gasteiger charge is 2.77. The summed E-state index contributed by atoms with van der Waals surface area (Å²) in [6.45, 7) is 3.51. The fraction of sp³-hybridized carbons (Fsp3) is 0.447. The van der Waals surface area contributed by atoms with E-state index in [1.165, 1.54) is 73.3 Å². The molecule has 18 heteroatoms. The van der Waals surface area contributed by atoms with Crippen LogP contribution in [-0.2, 0) is 58.5 Å². The Bertz CT molecular complexity index is 2280. The molecule has 4 aromatic heterocycles. The predicted molar refractivity (Wildman–Crippen MR) is 231 cm³/mol. The van der Waals surface area contributed by atoms with E-state index in [0.717, 1.165) is 0 Å². The van der Waals surface area contributed by atoms with Gasteiger partial charge in [0.15, 0.2) is 21.9 Å². The Hall–Kier alpha value is -6.98. The Kier molecular flexibility index (Phi) is 11.8. The molecule has 8 heterocycles. The fourth-order valence-corrected chi connectivity index (χ4v) is 11.6. The van der Waals surface area contributed by atoms with Gasteiger partial charge in [0.1, 0.15) is 11.6 Å². The van der Waals surface area contributed by atoms with E-state index >= 15 is 0 Å². The molecule has 4 aromatic rings. The van der Waals surface area contributed by atoms with Gasteiger partial charge in [0.25, 0.3) is 0 Å². The molecule has 0 aliphatic carbocycles. The van der Waals surface area contributed by atoms with E-state index in [4.69, 9.17) is 18.9 Å². The summed E-state index contributed by atoms with van der Waals surface area (Å²) in [5.74, 6) is -6.16. The Morgan fingerprint density at radius 2 is 0.892 bits per heavy atom. The molecule has 340 valence electrons. The van der Waals surface area contributed by atoms with Crippen LogP contribution >= 0.6 is 0 Å². The molecular formula is C47H52N8O10. The van der Waals surface area contributed by atoms with E-state index in [-0.39, 0.29) is 60.8 Å². The van der Waals surface area contributed by atoms with Gasteiger partial charge in [-0.3, -0.25) is 39.2 Å². The first kappa shape index (κ1) is 44.6. The Morgan fingerprint density at radius 1 is 0.538 bits per heavy atom. The molecule has 4 bridgehead atoms. The number of pyridine rings is 4. The Morgan fingerprint density at radius 3 is 1.20 bits per heavy atom. The zero-order valence-corrected chi connectivity index (χ0v) is 37.2. The minimum atomic E-state index is -1.99. The summed E-state index contributed by atoms with van der Waals surface area (Å²) in [5, 5.41) is 5.97. The summed E-state index contributed by atoms with van der Waals surface area (Å²) in [6.07, 6.45) is 8.22. The number of anilines is 2. The third-order valence-electron chi connectivity index (χ3n) is 14.3. The number of hydrogen-bond donors (Lipinski definition) is 0. The first-order valence-electron chi connectivity index (χ1n) is 21.6. The largest absolute Gasteiger partial charge is 0.468 e. The third-order valence-corrected chi connectivity index (χ3v) is 14.3. The van der Waals surface area contributed by atoms with Crippen molar-refractivity contribution in [1.29, 1.82) is 0 Å². The van der Waals surface area contributed by atoms with Gasteiger partial charge in [-0.25, -0.2) is 29.6 Å². The molecular weight excluding hydrogens is 837 g/mol. The van der Waals surface area contributed by atoms with Gasteiger partial charge in [0, 0.05) is 37.9 Å². The van der Waals surface area contributed by atoms with E-state index in [1.54, 1.807) is 86.6 Å². The fourth-order valence-electron chi connectivity index (χ4n) is 11.6. The van der Waals surface area contributed by atoms with Gasteiger partial charge in [-0.05, 0) is 99.9 Å². The number of ether oxygens (including phenoxy) is 4. The average molecular weight is 889 g/mol. The third kappa shape index (κ3) is 6.34. The topological polar surface area (TPSA) is 204 Å². The maximum Gasteiger partial charge on any atom is 0.335 e. The van der Waals surface area contributed by atoms with Crippen LogP contribution in [0.2, 0.25) is 0 Å². The second kappa shape index (κ2) is 17.2. The quantitative estimate of drug-likeness (QED) is 0.147. The smallest absolute Gasteiger partial charge is 0.335 e. The maximum absolute atomic E-state index is 14.9. The summed E-state index contributed by atoms with van der Waals surface area (Å²) in [7, 11) is 4.91. The van der Waals surface area contributed by atoms with Crippen molar-refractivity contribution < 1.29 is 47.7 Å². The highest BCUT2D eigenvalue weighted by molar-refractivity contribution is 6.06. The molecule has 8 rings (SSSR count). The number of hydrogen-bond acceptors (Lipinski definition) is 16. The van der Waals surface area contributed by atoms with Crippen molar-refractivity contribution in [3.05, 3.63) is 109 Å². The number of methoxy groups -OCH3 is 4. The molecule has 8 atom stereocenters. The molecule has 4 saturated heterocycles. The molecule has 0 saturated carbocycles. The lowest BCUT2D eigenvalue weighted by molar-refractivity contribution is -0.184. The number of aromatic nitrogens is 4. The van der Waals surface area contributed by atoms with Crippen molar-refractivity contribution >= 4 is 47.3 Å². The number of fused-ring (bicyclic) bond motifs is 4. The van der Waals surface area contributed by atoms with E-state index in [2.05, 4.69) is 19.9 Å². The van der Waals surface area contributed by atoms with Crippen LogP contribution in [0.15, 0.2) is 97.6 Å². The van der Waals surface area contributed by atoms with Crippen molar-refractivity contribution in [3.8, 4) is 0 Å².